The summed E-state index contributed by atoms with van der Waals surface area (Å²) in [7, 11) is 1.44. The van der Waals surface area contributed by atoms with Crippen LogP contribution in [0.5, 0.6) is 11.5 Å². The molecule has 1 N–H and O–H groups in total. The first kappa shape index (κ1) is 12.8. The second kappa shape index (κ2) is 5.69. The number of aromatic hydroxyl groups is 1. The number of methoxy groups -OCH3 is 1. The predicted molar refractivity (Wildman–Crippen MR) is 60.5 cm³/mol. The summed E-state index contributed by atoms with van der Waals surface area (Å²) in [6.45, 7) is 1.14. The molecule has 0 amide bonds. The third kappa shape index (κ3) is 3.98. The minimum absolute atomic E-state index is 0.0328. The molecule has 1 aromatic carbocycles. The molecule has 0 heterocycles. The largest absolute Gasteiger partial charge is 0.504 e. The Hall–Kier alpha value is -2.30. The van der Waals surface area contributed by atoms with E-state index in [0.717, 1.165) is 13.0 Å². The lowest BCUT2D eigenvalue weighted by Gasteiger charge is -2.03. The highest BCUT2D eigenvalue weighted by Gasteiger charge is 2.02. The Bertz CT molecular complexity index is 462. The van der Waals surface area contributed by atoms with Gasteiger partial charge in [-0.1, -0.05) is 6.07 Å². The van der Waals surface area contributed by atoms with E-state index in [2.05, 4.69) is 4.74 Å². The highest BCUT2D eigenvalue weighted by Crippen LogP contribution is 2.26. The summed E-state index contributed by atoms with van der Waals surface area (Å²) < 4.78 is 9.16. The van der Waals surface area contributed by atoms with Gasteiger partial charge in [0.25, 0.3) is 0 Å². The fourth-order valence-corrected chi connectivity index (χ4v) is 1.15. The molecule has 0 aliphatic rings. The zero-order valence-electron chi connectivity index (χ0n) is 9.47. The van der Waals surface area contributed by atoms with Gasteiger partial charge in [-0.05, 0) is 23.8 Å². The molecule has 0 unspecified atom stereocenters. The number of carbonyl (C=O) groups excluding carboxylic acids is 2. The van der Waals surface area contributed by atoms with Crippen LogP contribution in [0.1, 0.15) is 12.5 Å². The van der Waals surface area contributed by atoms with E-state index >= 15 is 0 Å². The molecule has 0 bridgehead atoms. The average molecular weight is 236 g/mol. The van der Waals surface area contributed by atoms with Crippen molar-refractivity contribution >= 4 is 18.0 Å². The van der Waals surface area contributed by atoms with Gasteiger partial charge in [-0.3, -0.25) is 4.79 Å². The summed E-state index contributed by atoms with van der Waals surface area (Å²) in [6.07, 6.45) is 2.52. The number of phenols is 1. The molecule has 0 atom stereocenters. The maximum absolute atomic E-state index is 11.0. The summed E-state index contributed by atoms with van der Waals surface area (Å²) in [5.41, 5.74) is 0.587. The first-order valence-electron chi connectivity index (χ1n) is 4.80. The normalized spacial score (nSPS) is 10.2. The maximum Gasteiger partial charge on any atom is 0.338 e. The number of hydrogen-bond acceptors (Lipinski definition) is 5. The van der Waals surface area contributed by atoms with Crippen molar-refractivity contribution in [3.05, 3.63) is 29.8 Å². The smallest absolute Gasteiger partial charge is 0.338 e. The van der Waals surface area contributed by atoms with E-state index in [4.69, 9.17) is 4.74 Å². The number of phenolic OH excluding ortho intramolecular Hbond substituents is 1. The van der Waals surface area contributed by atoms with Gasteiger partial charge in [-0.25, -0.2) is 4.79 Å². The summed E-state index contributed by atoms with van der Waals surface area (Å²) >= 11 is 0. The van der Waals surface area contributed by atoms with Crippen LogP contribution in [0, 0.1) is 0 Å². The third-order valence-corrected chi connectivity index (χ3v) is 1.86. The minimum atomic E-state index is -0.757. The number of ether oxygens (including phenoxy) is 2. The second-order valence-corrected chi connectivity index (χ2v) is 3.18. The van der Waals surface area contributed by atoms with Crippen molar-refractivity contribution < 1.29 is 24.2 Å². The van der Waals surface area contributed by atoms with Crippen molar-refractivity contribution in [3.63, 3.8) is 0 Å². The molecule has 0 spiro atoms. The zero-order chi connectivity index (χ0) is 12.8. The fourth-order valence-electron chi connectivity index (χ4n) is 1.15. The van der Waals surface area contributed by atoms with Crippen LogP contribution in [0.15, 0.2) is 24.3 Å². The molecule has 17 heavy (non-hydrogen) atoms. The Balaban J connectivity index is 2.75. The van der Waals surface area contributed by atoms with Gasteiger partial charge >= 0.3 is 11.9 Å². The third-order valence-electron chi connectivity index (χ3n) is 1.86. The van der Waals surface area contributed by atoms with Crippen molar-refractivity contribution in [2.75, 3.05) is 7.11 Å². The van der Waals surface area contributed by atoms with Crippen molar-refractivity contribution in [3.8, 4) is 11.5 Å². The summed E-state index contributed by atoms with van der Waals surface area (Å²) in [5, 5.41) is 9.47. The topological polar surface area (TPSA) is 72.8 Å². The van der Waals surface area contributed by atoms with Crippen LogP contribution in [0.4, 0.5) is 0 Å². The number of rotatable bonds is 3. The maximum atomic E-state index is 11.0. The zero-order valence-corrected chi connectivity index (χ0v) is 9.47. The average Bonchev–Trinajstić information content (AvgIpc) is 2.25. The highest BCUT2D eigenvalue weighted by molar-refractivity contribution is 5.94. The second-order valence-electron chi connectivity index (χ2n) is 3.18. The minimum Gasteiger partial charge on any atom is -0.504 e. The van der Waals surface area contributed by atoms with Crippen LogP contribution in [0.25, 0.3) is 6.08 Å². The number of esters is 2. The van der Waals surface area contributed by atoms with Gasteiger partial charge < -0.3 is 14.6 Å². The van der Waals surface area contributed by atoms with Gasteiger partial charge in [0, 0.05) is 13.0 Å². The molecular formula is C12H12O5. The first-order valence-corrected chi connectivity index (χ1v) is 4.80. The lowest BCUT2D eigenvalue weighted by molar-refractivity contribution is -0.154. The van der Waals surface area contributed by atoms with Crippen LogP contribution in [0.2, 0.25) is 0 Å². The molecule has 0 saturated carbocycles. The lowest BCUT2D eigenvalue weighted by Crippen LogP contribution is -2.05. The first-order chi connectivity index (χ1) is 8.02. The summed E-state index contributed by atoms with van der Waals surface area (Å²) in [4.78, 5) is 21.5. The number of carbonyl (C=O) groups is 2. The van der Waals surface area contributed by atoms with Gasteiger partial charge in [-0.2, -0.15) is 0 Å². The van der Waals surface area contributed by atoms with Crippen LogP contribution in [-0.4, -0.2) is 24.2 Å². The molecule has 0 aromatic heterocycles. The van der Waals surface area contributed by atoms with Gasteiger partial charge in [0.05, 0.1) is 7.11 Å². The van der Waals surface area contributed by atoms with Crippen LogP contribution >= 0.6 is 0 Å². The fraction of sp³-hybridized carbons (Fsp3) is 0.167. The summed E-state index contributed by atoms with van der Waals surface area (Å²) in [6, 6.07) is 4.64. The Labute approximate surface area is 98.3 Å². The molecule has 1 rings (SSSR count). The Kier molecular flexibility index (Phi) is 4.28. The molecule has 0 radical (unpaired) electrons. The number of hydrogen-bond donors (Lipinski definition) is 1. The molecular weight excluding hydrogens is 224 g/mol. The van der Waals surface area contributed by atoms with Crippen molar-refractivity contribution in [2.45, 2.75) is 6.92 Å². The highest BCUT2D eigenvalue weighted by atomic mass is 16.6. The van der Waals surface area contributed by atoms with E-state index in [1.165, 1.54) is 19.3 Å². The predicted octanol–water partition coefficient (Wildman–Crippen LogP) is 1.50. The molecule has 0 aliphatic carbocycles. The van der Waals surface area contributed by atoms with Crippen molar-refractivity contribution in [2.24, 2.45) is 0 Å². The molecule has 0 fully saturated rings. The van der Waals surface area contributed by atoms with E-state index in [1.807, 2.05) is 0 Å². The standard InChI is InChI=1S/C12H12O5/c1-8(13)17-12(15)6-4-9-3-5-11(16-2)10(14)7-9/h3-7,14H,1-2H3. The quantitative estimate of drug-likeness (QED) is 0.489. The van der Waals surface area contributed by atoms with Crippen molar-refractivity contribution in [1.29, 1.82) is 0 Å². The Morgan fingerprint density at radius 2 is 2.06 bits per heavy atom. The van der Waals surface area contributed by atoms with Gasteiger partial charge in [0.2, 0.25) is 0 Å². The van der Waals surface area contributed by atoms with Crippen LogP contribution in [-0.2, 0) is 14.3 Å². The molecule has 5 nitrogen and oxygen atoms in total. The van der Waals surface area contributed by atoms with E-state index < -0.39 is 11.9 Å². The van der Waals surface area contributed by atoms with Gasteiger partial charge in [0.15, 0.2) is 11.5 Å². The van der Waals surface area contributed by atoms with E-state index in [9.17, 15) is 14.7 Å². The van der Waals surface area contributed by atoms with E-state index in [-0.39, 0.29) is 5.75 Å². The summed E-state index contributed by atoms with van der Waals surface area (Å²) in [5.74, 6) is -1.12. The Morgan fingerprint density at radius 3 is 2.59 bits per heavy atom. The number of benzene rings is 1. The lowest BCUT2D eigenvalue weighted by atomic mass is 10.2. The van der Waals surface area contributed by atoms with Gasteiger partial charge in [0.1, 0.15) is 0 Å². The van der Waals surface area contributed by atoms with Gasteiger partial charge in [-0.15, -0.1) is 0 Å². The van der Waals surface area contributed by atoms with E-state index in [1.54, 1.807) is 12.1 Å². The van der Waals surface area contributed by atoms with Crippen LogP contribution in [0.3, 0.4) is 0 Å². The SMILES string of the molecule is COc1ccc(C=CC(=O)OC(C)=O)cc1O. The Morgan fingerprint density at radius 1 is 1.35 bits per heavy atom. The molecule has 1 aromatic rings. The monoisotopic (exact) mass is 236 g/mol. The molecule has 0 aliphatic heterocycles. The molecule has 90 valence electrons. The van der Waals surface area contributed by atoms with E-state index in [0.29, 0.717) is 11.3 Å². The molecule has 0 saturated heterocycles. The van der Waals surface area contributed by atoms with Crippen LogP contribution < -0.4 is 4.74 Å². The van der Waals surface area contributed by atoms with Crippen molar-refractivity contribution in [1.82, 2.24) is 0 Å². The molecule has 5 heteroatoms.